The Kier molecular flexibility index (Phi) is 5.59. The van der Waals surface area contributed by atoms with Gasteiger partial charge < -0.3 is 19.9 Å². The van der Waals surface area contributed by atoms with Gasteiger partial charge in [0.2, 0.25) is 0 Å². The first-order valence-corrected chi connectivity index (χ1v) is 10.5. The summed E-state index contributed by atoms with van der Waals surface area (Å²) in [5.41, 5.74) is 1.31. The summed E-state index contributed by atoms with van der Waals surface area (Å²) in [7, 11) is 0. The van der Waals surface area contributed by atoms with Gasteiger partial charge in [-0.1, -0.05) is 24.3 Å². The quantitative estimate of drug-likeness (QED) is 0.648. The molecule has 7 nitrogen and oxygen atoms in total. The second-order valence-electron chi connectivity index (χ2n) is 8.73. The summed E-state index contributed by atoms with van der Waals surface area (Å²) >= 11 is 0. The Morgan fingerprint density at radius 2 is 1.45 bits per heavy atom. The fraction of sp³-hybridized carbons (Fsp3) is 0.333. The number of carbonyl (C=O) groups excluding carboxylic acids is 2. The SMILES string of the molecule is CC(C)(C)OC(=O)N1CCN(c2ccc(NC(=O)n3cc4ccccc4c3)cc2)CC1. The average molecular weight is 421 g/mol. The third kappa shape index (κ3) is 4.99. The number of anilines is 2. The van der Waals surface area contributed by atoms with Gasteiger partial charge in [0.05, 0.1) is 0 Å². The highest BCUT2D eigenvalue weighted by Gasteiger charge is 2.25. The highest BCUT2D eigenvalue weighted by molar-refractivity contribution is 5.95. The molecular weight excluding hydrogens is 392 g/mol. The molecule has 1 aliphatic heterocycles. The van der Waals surface area contributed by atoms with Crippen LogP contribution in [-0.4, -0.2) is 53.4 Å². The summed E-state index contributed by atoms with van der Waals surface area (Å²) in [6.07, 6.45) is 3.38. The standard InChI is InChI=1S/C24H28N4O3/c1-24(2,3)31-23(30)27-14-12-26(13-15-27)21-10-8-20(9-11-21)25-22(29)28-16-18-6-4-5-7-19(18)17-28/h4-11,16-17H,12-15H2,1-3H3,(H,25,29). The average Bonchev–Trinajstić information content (AvgIpc) is 3.18. The molecule has 1 N–H and O–H groups in total. The van der Waals surface area contributed by atoms with E-state index in [1.807, 2.05) is 81.7 Å². The number of rotatable bonds is 2. The van der Waals surface area contributed by atoms with Crippen LogP contribution in [0.2, 0.25) is 0 Å². The zero-order valence-corrected chi connectivity index (χ0v) is 18.2. The number of aromatic nitrogens is 1. The van der Waals surface area contributed by atoms with Gasteiger partial charge in [-0.2, -0.15) is 0 Å². The zero-order chi connectivity index (χ0) is 22.0. The Morgan fingerprint density at radius 3 is 2.00 bits per heavy atom. The van der Waals surface area contributed by atoms with Gasteiger partial charge in [0.25, 0.3) is 0 Å². The number of nitrogens with zero attached hydrogens (tertiary/aromatic N) is 3. The van der Waals surface area contributed by atoms with Crippen molar-refractivity contribution in [2.24, 2.45) is 0 Å². The molecule has 7 heteroatoms. The maximum Gasteiger partial charge on any atom is 0.410 e. The molecule has 4 rings (SSSR count). The van der Waals surface area contributed by atoms with Crippen LogP contribution in [0.1, 0.15) is 20.8 Å². The van der Waals surface area contributed by atoms with Crippen LogP contribution in [-0.2, 0) is 4.74 Å². The third-order valence-electron chi connectivity index (χ3n) is 5.20. The van der Waals surface area contributed by atoms with Crippen LogP contribution in [0.5, 0.6) is 0 Å². The largest absolute Gasteiger partial charge is 0.444 e. The van der Waals surface area contributed by atoms with Gasteiger partial charge >= 0.3 is 12.1 Å². The summed E-state index contributed by atoms with van der Waals surface area (Å²) < 4.78 is 7.02. The van der Waals surface area contributed by atoms with E-state index in [1.54, 1.807) is 9.47 Å². The number of nitrogens with one attached hydrogen (secondary N) is 1. The normalized spacial score (nSPS) is 14.5. The monoisotopic (exact) mass is 420 g/mol. The van der Waals surface area contributed by atoms with Gasteiger partial charge in [0.15, 0.2) is 0 Å². The third-order valence-corrected chi connectivity index (χ3v) is 5.20. The molecule has 2 aromatic carbocycles. The Bertz CT molecular complexity index is 1040. The van der Waals surface area contributed by atoms with E-state index in [0.717, 1.165) is 35.2 Å². The molecule has 0 spiro atoms. The van der Waals surface area contributed by atoms with Gasteiger partial charge in [-0.15, -0.1) is 0 Å². The predicted molar refractivity (Wildman–Crippen MR) is 123 cm³/mol. The molecule has 0 radical (unpaired) electrons. The number of benzene rings is 2. The topological polar surface area (TPSA) is 66.8 Å². The summed E-state index contributed by atoms with van der Waals surface area (Å²) in [4.78, 5) is 28.8. The molecule has 3 aromatic rings. The van der Waals surface area contributed by atoms with E-state index in [0.29, 0.717) is 13.1 Å². The second-order valence-corrected chi connectivity index (χ2v) is 8.73. The number of hydrogen-bond acceptors (Lipinski definition) is 4. The summed E-state index contributed by atoms with van der Waals surface area (Å²) in [5.74, 6) is 0. The van der Waals surface area contributed by atoms with E-state index in [2.05, 4.69) is 10.2 Å². The summed E-state index contributed by atoms with van der Waals surface area (Å²) in [6, 6.07) is 15.5. The molecule has 0 atom stereocenters. The van der Waals surface area contributed by atoms with Gasteiger partial charge in [-0.25, -0.2) is 9.59 Å². The highest BCUT2D eigenvalue weighted by Crippen LogP contribution is 2.21. The summed E-state index contributed by atoms with van der Waals surface area (Å²) in [6.45, 7) is 8.34. The van der Waals surface area contributed by atoms with Crippen LogP contribution in [0.15, 0.2) is 60.9 Å². The van der Waals surface area contributed by atoms with Crippen molar-refractivity contribution in [3.8, 4) is 0 Å². The van der Waals surface area contributed by atoms with Gasteiger partial charge in [0, 0.05) is 49.9 Å². The van der Waals surface area contributed by atoms with E-state index in [9.17, 15) is 9.59 Å². The zero-order valence-electron chi connectivity index (χ0n) is 18.2. The fourth-order valence-electron chi connectivity index (χ4n) is 3.62. The highest BCUT2D eigenvalue weighted by atomic mass is 16.6. The van der Waals surface area contributed by atoms with Crippen molar-refractivity contribution in [1.29, 1.82) is 0 Å². The summed E-state index contributed by atoms with van der Waals surface area (Å²) in [5, 5.41) is 4.98. The molecule has 0 bridgehead atoms. The van der Waals surface area contributed by atoms with E-state index < -0.39 is 5.60 Å². The number of ether oxygens (including phenoxy) is 1. The molecule has 0 saturated carbocycles. The van der Waals surface area contributed by atoms with Crippen molar-refractivity contribution in [2.45, 2.75) is 26.4 Å². The maximum absolute atomic E-state index is 12.6. The Morgan fingerprint density at radius 1 is 0.871 bits per heavy atom. The number of carbonyl (C=O) groups is 2. The van der Waals surface area contributed by atoms with Crippen molar-refractivity contribution in [3.05, 3.63) is 60.9 Å². The number of hydrogen-bond donors (Lipinski definition) is 1. The smallest absolute Gasteiger partial charge is 0.410 e. The minimum absolute atomic E-state index is 0.199. The predicted octanol–water partition coefficient (Wildman–Crippen LogP) is 4.78. The minimum atomic E-state index is -0.484. The molecule has 1 saturated heterocycles. The lowest BCUT2D eigenvalue weighted by Gasteiger charge is -2.36. The van der Waals surface area contributed by atoms with Crippen molar-refractivity contribution < 1.29 is 14.3 Å². The van der Waals surface area contributed by atoms with Crippen LogP contribution in [0.25, 0.3) is 10.8 Å². The van der Waals surface area contributed by atoms with Gasteiger partial charge in [-0.3, -0.25) is 4.57 Å². The molecule has 1 fully saturated rings. The maximum atomic E-state index is 12.6. The molecular formula is C24H28N4O3. The van der Waals surface area contributed by atoms with Crippen LogP contribution < -0.4 is 10.2 Å². The lowest BCUT2D eigenvalue weighted by molar-refractivity contribution is 0.0240. The Hall–Kier alpha value is -3.48. The van der Waals surface area contributed by atoms with E-state index in [4.69, 9.17) is 4.74 Å². The van der Waals surface area contributed by atoms with Crippen LogP contribution in [0.4, 0.5) is 21.0 Å². The minimum Gasteiger partial charge on any atom is -0.444 e. The molecule has 0 aliphatic carbocycles. The van der Waals surface area contributed by atoms with Crippen LogP contribution in [0.3, 0.4) is 0 Å². The Labute approximate surface area is 182 Å². The molecule has 162 valence electrons. The van der Waals surface area contributed by atoms with Crippen molar-refractivity contribution >= 4 is 34.3 Å². The van der Waals surface area contributed by atoms with Crippen molar-refractivity contribution in [3.63, 3.8) is 0 Å². The van der Waals surface area contributed by atoms with Crippen molar-refractivity contribution in [2.75, 3.05) is 36.4 Å². The fourth-order valence-corrected chi connectivity index (χ4v) is 3.62. The molecule has 1 aliphatic rings. The van der Waals surface area contributed by atoms with Crippen LogP contribution in [0, 0.1) is 0 Å². The first kappa shape index (κ1) is 20.8. The van der Waals surface area contributed by atoms with E-state index in [1.165, 1.54) is 0 Å². The number of fused-ring (bicyclic) bond motifs is 1. The molecule has 2 heterocycles. The van der Waals surface area contributed by atoms with Gasteiger partial charge in [-0.05, 0) is 55.8 Å². The molecule has 1 aromatic heterocycles. The first-order chi connectivity index (χ1) is 14.8. The molecule has 2 amide bonds. The lowest BCUT2D eigenvalue weighted by Crippen LogP contribution is -2.50. The second kappa shape index (κ2) is 8.34. The number of amides is 2. The lowest BCUT2D eigenvalue weighted by atomic mass is 10.2. The first-order valence-electron chi connectivity index (χ1n) is 10.5. The number of piperazine rings is 1. The molecule has 0 unspecified atom stereocenters. The van der Waals surface area contributed by atoms with E-state index in [-0.39, 0.29) is 12.1 Å². The molecule has 31 heavy (non-hydrogen) atoms. The van der Waals surface area contributed by atoms with Gasteiger partial charge in [0.1, 0.15) is 5.60 Å². The van der Waals surface area contributed by atoms with E-state index >= 15 is 0 Å². The Balaban J connectivity index is 1.33. The van der Waals surface area contributed by atoms with Crippen LogP contribution >= 0.6 is 0 Å². The van der Waals surface area contributed by atoms with Crippen molar-refractivity contribution in [1.82, 2.24) is 9.47 Å².